The molecule has 10 heteroatoms. The molecule has 0 spiro atoms. The first kappa shape index (κ1) is 22.7. The fourth-order valence-corrected chi connectivity index (χ4v) is 3.25. The number of fused-ring (bicyclic) bond motifs is 1. The predicted molar refractivity (Wildman–Crippen MR) is 116 cm³/mol. The van der Waals surface area contributed by atoms with Crippen molar-refractivity contribution in [2.45, 2.75) is 39.0 Å². The second-order valence-corrected chi connectivity index (χ2v) is 7.58. The quantitative estimate of drug-likeness (QED) is 0.400. The summed E-state index contributed by atoms with van der Waals surface area (Å²) in [6, 6.07) is 6.92. The van der Waals surface area contributed by atoms with Crippen molar-refractivity contribution in [1.82, 2.24) is 19.9 Å². The normalized spacial score (nSPS) is 11.9. The van der Waals surface area contributed by atoms with E-state index in [2.05, 4.69) is 19.9 Å². The van der Waals surface area contributed by atoms with E-state index in [0.29, 0.717) is 24.1 Å². The van der Waals surface area contributed by atoms with E-state index in [1.165, 1.54) is 13.1 Å². The van der Waals surface area contributed by atoms with Crippen molar-refractivity contribution in [2.24, 2.45) is 5.92 Å². The highest BCUT2D eigenvalue weighted by Gasteiger charge is 2.22. The van der Waals surface area contributed by atoms with Gasteiger partial charge in [-0.1, -0.05) is 24.3 Å². The van der Waals surface area contributed by atoms with Crippen LogP contribution in [0.25, 0.3) is 11.2 Å². The summed E-state index contributed by atoms with van der Waals surface area (Å²) < 4.78 is 0. The summed E-state index contributed by atoms with van der Waals surface area (Å²) in [5.74, 6) is -2.36. The number of nitrogens with two attached hydrogens (primary N) is 1. The average molecular weight is 437 g/mol. The number of hydrogen-bond acceptors (Lipinski definition) is 8. The Morgan fingerprint density at radius 1 is 1.12 bits per heavy atom. The van der Waals surface area contributed by atoms with Crippen LogP contribution < -0.4 is 11.3 Å². The Kier molecular flexibility index (Phi) is 7.04. The van der Waals surface area contributed by atoms with Crippen LogP contribution in [0.4, 0.5) is 5.95 Å². The number of carbonyl (C=O) groups is 3. The van der Waals surface area contributed by atoms with Crippen molar-refractivity contribution in [1.29, 1.82) is 0 Å². The van der Waals surface area contributed by atoms with Crippen molar-refractivity contribution in [3.8, 4) is 0 Å². The first-order valence-corrected chi connectivity index (χ1v) is 10.1. The number of anilines is 1. The van der Waals surface area contributed by atoms with E-state index in [-0.39, 0.29) is 47.9 Å². The van der Waals surface area contributed by atoms with E-state index in [4.69, 9.17) is 5.73 Å². The van der Waals surface area contributed by atoms with Crippen molar-refractivity contribution in [3.63, 3.8) is 0 Å². The Hall–Kier alpha value is -3.95. The number of nitrogen functional groups attached to an aromatic ring is 1. The number of nitrogens with one attached hydrogen (secondary N) is 1. The van der Waals surface area contributed by atoms with Crippen molar-refractivity contribution in [3.05, 3.63) is 57.6 Å². The summed E-state index contributed by atoms with van der Waals surface area (Å²) in [7, 11) is 0. The van der Waals surface area contributed by atoms with Gasteiger partial charge >= 0.3 is 5.97 Å². The smallest absolute Gasteiger partial charge is 0.306 e. The summed E-state index contributed by atoms with van der Waals surface area (Å²) in [4.78, 5) is 61.5. The van der Waals surface area contributed by atoms with Gasteiger partial charge in [-0.05, 0) is 31.7 Å². The maximum atomic E-state index is 12.5. The van der Waals surface area contributed by atoms with Crippen LogP contribution in [-0.2, 0) is 22.4 Å². The van der Waals surface area contributed by atoms with Crippen molar-refractivity contribution < 1.29 is 19.5 Å². The lowest BCUT2D eigenvalue weighted by Crippen LogP contribution is -2.19. The maximum absolute atomic E-state index is 12.5. The Bertz CT molecular complexity index is 1220. The van der Waals surface area contributed by atoms with Gasteiger partial charge in [-0.2, -0.15) is 4.98 Å². The number of ketones is 2. The first-order chi connectivity index (χ1) is 15.2. The molecule has 3 aromatic rings. The molecule has 0 aliphatic rings. The molecule has 0 aliphatic carbocycles. The van der Waals surface area contributed by atoms with Gasteiger partial charge in [0.1, 0.15) is 5.78 Å². The van der Waals surface area contributed by atoms with E-state index < -0.39 is 17.4 Å². The van der Waals surface area contributed by atoms with Crippen LogP contribution in [0, 0.1) is 5.92 Å². The lowest BCUT2D eigenvalue weighted by Gasteiger charge is -2.11. The minimum atomic E-state index is -1.08. The van der Waals surface area contributed by atoms with Gasteiger partial charge in [0.2, 0.25) is 5.95 Å². The number of carboxylic acids is 1. The van der Waals surface area contributed by atoms with Crippen LogP contribution in [0.2, 0.25) is 0 Å². The summed E-state index contributed by atoms with van der Waals surface area (Å²) in [5, 5.41) is 9.30. The summed E-state index contributed by atoms with van der Waals surface area (Å²) in [6.07, 6.45) is 2.80. The monoisotopic (exact) mass is 437 g/mol. The van der Waals surface area contributed by atoms with Gasteiger partial charge in [-0.25, -0.2) is 9.97 Å². The molecule has 1 atom stereocenters. The maximum Gasteiger partial charge on any atom is 0.306 e. The Labute approximate surface area is 182 Å². The SMILES string of the molecule is CC(=O)CC[C@@H](CC(=O)c1ccc(CCc2cnc3c(=O)[nH]c(N)nc3n2)cc1)C(=O)O. The number of aromatic nitrogens is 4. The number of aromatic amines is 1. The molecule has 2 heterocycles. The zero-order chi connectivity index (χ0) is 23.3. The number of aryl methyl sites for hydroxylation is 2. The summed E-state index contributed by atoms with van der Waals surface area (Å²) >= 11 is 0. The minimum Gasteiger partial charge on any atom is -0.481 e. The van der Waals surface area contributed by atoms with Gasteiger partial charge in [-0.15, -0.1) is 0 Å². The molecule has 0 unspecified atom stereocenters. The number of aliphatic carboxylic acids is 1. The number of rotatable bonds is 10. The molecular weight excluding hydrogens is 414 g/mol. The van der Waals surface area contributed by atoms with Gasteiger partial charge in [0.25, 0.3) is 5.56 Å². The fraction of sp³-hybridized carbons (Fsp3) is 0.318. The molecule has 1 aromatic carbocycles. The van der Waals surface area contributed by atoms with Crippen LogP contribution in [0.1, 0.15) is 47.8 Å². The third kappa shape index (κ3) is 5.81. The van der Waals surface area contributed by atoms with Gasteiger partial charge in [0, 0.05) is 24.6 Å². The van der Waals surface area contributed by atoms with E-state index in [1.807, 2.05) is 0 Å². The molecule has 0 bridgehead atoms. The Balaban J connectivity index is 1.62. The van der Waals surface area contributed by atoms with Crippen LogP contribution in [-0.4, -0.2) is 42.6 Å². The molecular formula is C22H23N5O5. The van der Waals surface area contributed by atoms with Crippen molar-refractivity contribution in [2.75, 3.05) is 5.73 Å². The summed E-state index contributed by atoms with van der Waals surface area (Å²) in [6.45, 7) is 1.40. The van der Waals surface area contributed by atoms with Crippen LogP contribution in [0.3, 0.4) is 0 Å². The highest BCUT2D eigenvalue weighted by molar-refractivity contribution is 5.98. The third-order valence-corrected chi connectivity index (χ3v) is 5.06. The molecule has 0 saturated carbocycles. The average Bonchev–Trinajstić information content (AvgIpc) is 2.74. The lowest BCUT2D eigenvalue weighted by atomic mass is 9.93. The fourth-order valence-electron chi connectivity index (χ4n) is 3.25. The second kappa shape index (κ2) is 9.90. The standard InChI is InChI=1S/C22H23N5O5/c1-12(28)2-6-15(21(31)32)10-17(29)14-7-3-13(4-8-14)5-9-16-11-24-18-19(25-16)26-22(23)27-20(18)30/h3-4,7-8,11,15H,2,5-6,9-10H2,1H3,(H,31,32)(H3,23,25,26,27,30)/t15-/m0/s1. The van der Waals surface area contributed by atoms with Gasteiger partial charge in [-0.3, -0.25) is 19.4 Å². The predicted octanol–water partition coefficient (Wildman–Crippen LogP) is 1.72. The minimum absolute atomic E-state index is 0.0272. The second-order valence-electron chi connectivity index (χ2n) is 7.58. The first-order valence-electron chi connectivity index (χ1n) is 10.1. The molecule has 166 valence electrons. The van der Waals surface area contributed by atoms with Gasteiger partial charge in [0.15, 0.2) is 16.9 Å². The molecule has 3 rings (SSSR count). The van der Waals surface area contributed by atoms with Gasteiger partial charge in [0.05, 0.1) is 11.6 Å². The highest BCUT2D eigenvalue weighted by atomic mass is 16.4. The van der Waals surface area contributed by atoms with Crippen LogP contribution >= 0.6 is 0 Å². The molecule has 0 aliphatic heterocycles. The number of nitrogens with zero attached hydrogens (tertiary/aromatic N) is 3. The molecule has 0 amide bonds. The number of carboxylic acid groups (broad SMARTS) is 1. The molecule has 0 radical (unpaired) electrons. The van der Waals surface area contributed by atoms with Crippen LogP contribution in [0.15, 0.2) is 35.3 Å². The number of Topliss-reactive ketones (excluding diaryl/α,β-unsaturated/α-hetero) is 2. The molecule has 2 aromatic heterocycles. The van der Waals surface area contributed by atoms with E-state index in [1.54, 1.807) is 24.3 Å². The molecule has 0 saturated heterocycles. The molecule has 0 fully saturated rings. The number of hydrogen-bond donors (Lipinski definition) is 3. The zero-order valence-corrected chi connectivity index (χ0v) is 17.5. The van der Waals surface area contributed by atoms with E-state index >= 15 is 0 Å². The summed E-state index contributed by atoms with van der Waals surface area (Å²) in [5.41, 5.74) is 7.42. The Morgan fingerprint density at radius 2 is 1.84 bits per heavy atom. The van der Waals surface area contributed by atoms with E-state index in [0.717, 1.165) is 5.56 Å². The van der Waals surface area contributed by atoms with E-state index in [9.17, 15) is 24.3 Å². The molecule has 32 heavy (non-hydrogen) atoms. The third-order valence-electron chi connectivity index (χ3n) is 5.06. The highest BCUT2D eigenvalue weighted by Crippen LogP contribution is 2.17. The van der Waals surface area contributed by atoms with Crippen molar-refractivity contribution >= 4 is 34.6 Å². The number of carbonyl (C=O) groups excluding carboxylic acids is 2. The zero-order valence-electron chi connectivity index (χ0n) is 17.5. The largest absolute Gasteiger partial charge is 0.481 e. The molecule has 4 N–H and O–H groups in total. The lowest BCUT2D eigenvalue weighted by molar-refractivity contribution is -0.142. The van der Waals surface area contributed by atoms with Gasteiger partial charge < -0.3 is 15.6 Å². The molecule has 10 nitrogen and oxygen atoms in total. The number of benzene rings is 1. The van der Waals surface area contributed by atoms with Crippen LogP contribution in [0.5, 0.6) is 0 Å². The number of H-pyrrole nitrogens is 1. The Morgan fingerprint density at radius 3 is 2.50 bits per heavy atom. The topological polar surface area (TPSA) is 169 Å².